The zero-order valence-corrected chi connectivity index (χ0v) is 22.4. The fourth-order valence-electron chi connectivity index (χ4n) is 5.14. The molecule has 2 aliphatic heterocycles. The smallest absolute Gasteiger partial charge is 0.227 e. The van der Waals surface area contributed by atoms with Crippen molar-refractivity contribution in [1.29, 1.82) is 0 Å². The second-order valence-corrected chi connectivity index (χ2v) is 11.0. The Bertz CT molecular complexity index is 1040. The molecule has 0 aliphatic carbocycles. The van der Waals surface area contributed by atoms with Gasteiger partial charge in [0.15, 0.2) is 11.5 Å². The molecule has 1 saturated heterocycles. The largest absolute Gasteiger partial charge is 0.489 e. The molecule has 2 heterocycles. The van der Waals surface area contributed by atoms with Crippen LogP contribution in [0.4, 0.5) is 0 Å². The molecule has 2 aromatic carbocycles. The maximum Gasteiger partial charge on any atom is 0.227 e. The molecule has 0 bridgehead atoms. The number of benzene rings is 2. The van der Waals surface area contributed by atoms with Crippen LogP contribution >= 0.6 is 11.6 Å². The van der Waals surface area contributed by atoms with Crippen LogP contribution in [0.3, 0.4) is 0 Å². The molecule has 5 nitrogen and oxygen atoms in total. The van der Waals surface area contributed by atoms with E-state index in [4.69, 9.17) is 21.1 Å². The molecular formula is C29H39ClN2O3. The van der Waals surface area contributed by atoms with Crippen LogP contribution in [0.1, 0.15) is 55.4 Å². The van der Waals surface area contributed by atoms with E-state index in [1.165, 1.54) is 16.7 Å². The molecule has 0 aromatic heterocycles. The number of halogens is 1. The Hall–Kier alpha value is -2.24. The van der Waals surface area contributed by atoms with E-state index in [9.17, 15) is 4.79 Å². The summed E-state index contributed by atoms with van der Waals surface area (Å²) >= 11 is 6.54. The minimum Gasteiger partial charge on any atom is -0.489 e. The molecule has 2 aromatic rings. The monoisotopic (exact) mass is 498 g/mol. The molecule has 4 rings (SSSR count). The number of aryl methyl sites for hydroxylation is 2. The average molecular weight is 499 g/mol. The van der Waals surface area contributed by atoms with Gasteiger partial charge in [-0.3, -0.25) is 9.69 Å². The standard InChI is InChI=1S/C29H39ClN2O3/c1-20(2)16-32(17-23-14-26(30)28-27(15-23)34-11-6-12-35-28)29(33)24-7-5-10-31(18-24)19-25-13-21(3)8-9-22(25)4/h8-9,13-15,20,24H,5-7,10-12,16-19H2,1-4H3. The highest BCUT2D eigenvalue weighted by Crippen LogP contribution is 2.38. The molecule has 6 heteroatoms. The predicted octanol–water partition coefficient (Wildman–Crippen LogP) is 6.01. The van der Waals surface area contributed by atoms with Crippen LogP contribution in [0.2, 0.25) is 5.02 Å². The SMILES string of the molecule is Cc1ccc(C)c(CN2CCCC(C(=O)N(Cc3cc(Cl)c4c(c3)OCCCO4)CC(C)C)C2)c1. The van der Waals surface area contributed by atoms with Crippen LogP contribution in [-0.4, -0.2) is 48.6 Å². The minimum absolute atomic E-state index is 0.0171. The highest BCUT2D eigenvalue weighted by atomic mass is 35.5. The van der Waals surface area contributed by atoms with Gasteiger partial charge in [0, 0.05) is 32.6 Å². The number of ether oxygens (including phenoxy) is 2. The van der Waals surface area contributed by atoms with Gasteiger partial charge >= 0.3 is 0 Å². The first-order valence-electron chi connectivity index (χ1n) is 13.0. The summed E-state index contributed by atoms with van der Waals surface area (Å²) in [7, 11) is 0. The highest BCUT2D eigenvalue weighted by molar-refractivity contribution is 6.32. The van der Waals surface area contributed by atoms with E-state index in [-0.39, 0.29) is 11.8 Å². The predicted molar refractivity (Wildman–Crippen MR) is 141 cm³/mol. The topological polar surface area (TPSA) is 42.0 Å². The summed E-state index contributed by atoms with van der Waals surface area (Å²) in [5, 5.41) is 0.550. The van der Waals surface area contributed by atoms with Gasteiger partial charge in [0.1, 0.15) is 0 Å². The Morgan fingerprint density at radius 2 is 1.94 bits per heavy atom. The van der Waals surface area contributed by atoms with Crippen molar-refractivity contribution >= 4 is 17.5 Å². The molecule has 1 amide bonds. The molecule has 0 N–H and O–H groups in total. The van der Waals surface area contributed by atoms with E-state index >= 15 is 0 Å². The molecular weight excluding hydrogens is 460 g/mol. The zero-order chi connectivity index (χ0) is 24.9. The van der Waals surface area contributed by atoms with Gasteiger partial charge in [-0.15, -0.1) is 0 Å². The van der Waals surface area contributed by atoms with Crippen LogP contribution in [-0.2, 0) is 17.9 Å². The van der Waals surface area contributed by atoms with Gasteiger partial charge in [-0.2, -0.15) is 0 Å². The van der Waals surface area contributed by atoms with E-state index in [0.29, 0.717) is 42.2 Å². The number of piperidine rings is 1. The Labute approximate surface area is 215 Å². The van der Waals surface area contributed by atoms with E-state index in [0.717, 1.165) is 51.0 Å². The molecule has 2 aliphatic rings. The average Bonchev–Trinajstić information content (AvgIpc) is 3.06. The molecule has 1 atom stereocenters. The van der Waals surface area contributed by atoms with Gasteiger partial charge in [0.25, 0.3) is 0 Å². The first-order chi connectivity index (χ1) is 16.8. The second kappa shape index (κ2) is 11.7. The number of hydrogen-bond acceptors (Lipinski definition) is 4. The third kappa shape index (κ3) is 6.71. The van der Waals surface area contributed by atoms with Crippen molar-refractivity contribution in [3.63, 3.8) is 0 Å². The number of carbonyl (C=O) groups excluding carboxylic acids is 1. The lowest BCUT2D eigenvalue weighted by atomic mass is 9.94. The van der Waals surface area contributed by atoms with Crippen molar-refractivity contribution in [1.82, 2.24) is 9.80 Å². The van der Waals surface area contributed by atoms with Gasteiger partial charge in [-0.05, 0) is 68.0 Å². The summed E-state index contributed by atoms with van der Waals surface area (Å²) in [4.78, 5) is 18.3. The van der Waals surface area contributed by atoms with Crippen LogP contribution in [0, 0.1) is 25.7 Å². The lowest BCUT2D eigenvalue weighted by Crippen LogP contribution is -2.45. The summed E-state index contributed by atoms with van der Waals surface area (Å²) in [6.07, 6.45) is 2.82. The maximum absolute atomic E-state index is 13.8. The normalized spacial score (nSPS) is 18.4. The van der Waals surface area contributed by atoms with Gasteiger partial charge in [0.2, 0.25) is 5.91 Å². The fraction of sp³-hybridized carbons (Fsp3) is 0.552. The summed E-state index contributed by atoms with van der Waals surface area (Å²) < 4.78 is 11.7. The third-order valence-electron chi connectivity index (χ3n) is 6.89. The highest BCUT2D eigenvalue weighted by Gasteiger charge is 2.30. The molecule has 0 spiro atoms. The molecule has 1 unspecified atom stereocenters. The number of rotatable bonds is 7. The summed E-state index contributed by atoms with van der Waals surface area (Å²) in [5.74, 6) is 1.93. The minimum atomic E-state index is 0.0171. The van der Waals surface area contributed by atoms with Gasteiger partial charge in [-0.25, -0.2) is 0 Å². The molecule has 190 valence electrons. The van der Waals surface area contributed by atoms with Crippen molar-refractivity contribution in [3.05, 3.63) is 57.6 Å². The number of carbonyl (C=O) groups is 1. The van der Waals surface area contributed by atoms with Crippen LogP contribution in [0.15, 0.2) is 30.3 Å². The lowest BCUT2D eigenvalue weighted by Gasteiger charge is -2.36. The van der Waals surface area contributed by atoms with Crippen LogP contribution in [0.5, 0.6) is 11.5 Å². The van der Waals surface area contributed by atoms with Crippen LogP contribution in [0.25, 0.3) is 0 Å². The number of nitrogens with zero attached hydrogens (tertiary/aromatic N) is 2. The zero-order valence-electron chi connectivity index (χ0n) is 21.6. The summed E-state index contributed by atoms with van der Waals surface area (Å²) in [6.45, 7) is 13.8. The third-order valence-corrected chi connectivity index (χ3v) is 7.17. The Balaban J connectivity index is 1.48. The Morgan fingerprint density at radius 1 is 1.14 bits per heavy atom. The lowest BCUT2D eigenvalue weighted by molar-refractivity contribution is -0.138. The fourth-order valence-corrected chi connectivity index (χ4v) is 5.43. The van der Waals surface area contributed by atoms with Crippen molar-refractivity contribution in [2.45, 2.75) is 60.0 Å². The summed E-state index contributed by atoms with van der Waals surface area (Å²) in [6, 6.07) is 10.5. The van der Waals surface area contributed by atoms with Crippen molar-refractivity contribution < 1.29 is 14.3 Å². The van der Waals surface area contributed by atoms with Gasteiger partial charge in [0.05, 0.1) is 24.2 Å². The molecule has 1 fully saturated rings. The molecule has 0 saturated carbocycles. The van der Waals surface area contributed by atoms with E-state index in [1.807, 2.05) is 17.0 Å². The van der Waals surface area contributed by atoms with Gasteiger partial charge < -0.3 is 14.4 Å². The molecule has 0 radical (unpaired) electrons. The molecule has 35 heavy (non-hydrogen) atoms. The van der Waals surface area contributed by atoms with Crippen molar-refractivity contribution in [3.8, 4) is 11.5 Å². The van der Waals surface area contributed by atoms with Crippen molar-refractivity contribution in [2.24, 2.45) is 11.8 Å². The van der Waals surface area contributed by atoms with E-state index in [2.05, 4.69) is 50.8 Å². The number of fused-ring (bicyclic) bond motifs is 1. The Morgan fingerprint density at radius 3 is 2.74 bits per heavy atom. The number of hydrogen-bond donors (Lipinski definition) is 0. The van der Waals surface area contributed by atoms with Gasteiger partial charge in [-0.1, -0.05) is 49.2 Å². The van der Waals surface area contributed by atoms with Crippen molar-refractivity contribution in [2.75, 3.05) is 32.8 Å². The second-order valence-electron chi connectivity index (χ2n) is 10.6. The maximum atomic E-state index is 13.8. The number of likely N-dealkylation sites (tertiary alicyclic amines) is 1. The van der Waals surface area contributed by atoms with E-state index in [1.54, 1.807) is 0 Å². The number of amides is 1. The first-order valence-corrected chi connectivity index (χ1v) is 13.3. The van der Waals surface area contributed by atoms with Crippen LogP contribution < -0.4 is 9.47 Å². The quantitative estimate of drug-likeness (QED) is 0.468. The first kappa shape index (κ1) is 25.8. The summed E-state index contributed by atoms with van der Waals surface area (Å²) in [5.41, 5.74) is 4.94. The Kier molecular flexibility index (Phi) is 8.61. The van der Waals surface area contributed by atoms with E-state index < -0.39 is 0 Å².